The lowest BCUT2D eigenvalue weighted by Crippen LogP contribution is -2.41. The van der Waals surface area contributed by atoms with E-state index in [4.69, 9.17) is 4.74 Å². The fraction of sp³-hybridized carbons (Fsp3) is 0.167. The molecule has 0 fully saturated rings. The predicted molar refractivity (Wildman–Crippen MR) is 87.6 cm³/mol. The van der Waals surface area contributed by atoms with Crippen molar-refractivity contribution < 1.29 is 14.3 Å². The van der Waals surface area contributed by atoms with E-state index in [0.717, 1.165) is 5.56 Å². The zero-order valence-electron chi connectivity index (χ0n) is 12.8. The second-order valence-corrected chi connectivity index (χ2v) is 4.84. The van der Waals surface area contributed by atoms with Crippen LogP contribution >= 0.6 is 0 Å². The minimum Gasteiger partial charge on any atom is -0.467 e. The second kappa shape index (κ2) is 8.48. The highest BCUT2D eigenvalue weighted by molar-refractivity contribution is 5.96. The van der Waals surface area contributed by atoms with Crippen LogP contribution in [0.15, 0.2) is 60.9 Å². The van der Waals surface area contributed by atoms with Crippen molar-refractivity contribution in [1.82, 2.24) is 10.3 Å². The Morgan fingerprint density at radius 3 is 2.65 bits per heavy atom. The number of carbonyl (C=O) groups is 2. The topological polar surface area (TPSA) is 68.3 Å². The van der Waals surface area contributed by atoms with Crippen molar-refractivity contribution in [2.24, 2.45) is 0 Å². The number of esters is 1. The highest BCUT2D eigenvalue weighted by Crippen LogP contribution is 2.05. The summed E-state index contributed by atoms with van der Waals surface area (Å²) in [6, 6.07) is 12.3. The molecule has 0 radical (unpaired) electrons. The van der Waals surface area contributed by atoms with Gasteiger partial charge in [0.2, 0.25) is 0 Å². The first-order valence-corrected chi connectivity index (χ1v) is 7.21. The van der Waals surface area contributed by atoms with Crippen LogP contribution < -0.4 is 5.32 Å². The maximum absolute atomic E-state index is 12.1. The lowest BCUT2D eigenvalue weighted by Gasteiger charge is -2.14. The zero-order valence-corrected chi connectivity index (χ0v) is 12.8. The molecule has 5 nitrogen and oxygen atoms in total. The third kappa shape index (κ3) is 5.07. The normalized spacial score (nSPS) is 11.9. The molecule has 118 valence electrons. The Labute approximate surface area is 135 Å². The second-order valence-electron chi connectivity index (χ2n) is 4.84. The van der Waals surface area contributed by atoms with Gasteiger partial charge in [0.15, 0.2) is 0 Å². The monoisotopic (exact) mass is 310 g/mol. The Morgan fingerprint density at radius 1 is 1.22 bits per heavy atom. The van der Waals surface area contributed by atoms with E-state index in [1.165, 1.54) is 13.3 Å². The van der Waals surface area contributed by atoms with Gasteiger partial charge in [-0.05, 0) is 24.1 Å². The molecule has 1 heterocycles. The number of hydrogen-bond donors (Lipinski definition) is 1. The number of amides is 1. The van der Waals surface area contributed by atoms with Gasteiger partial charge in [-0.15, -0.1) is 0 Å². The molecule has 1 N–H and O–H groups in total. The van der Waals surface area contributed by atoms with Crippen LogP contribution in [0.5, 0.6) is 0 Å². The van der Waals surface area contributed by atoms with E-state index < -0.39 is 12.0 Å². The quantitative estimate of drug-likeness (QED) is 0.832. The Kier molecular flexibility index (Phi) is 6.06. The molecule has 1 amide bonds. The number of rotatable bonds is 6. The average molecular weight is 310 g/mol. The molecular formula is C18H18N2O3. The summed E-state index contributed by atoms with van der Waals surface area (Å²) in [7, 11) is 1.30. The maximum atomic E-state index is 12.1. The average Bonchev–Trinajstić information content (AvgIpc) is 2.61. The van der Waals surface area contributed by atoms with Crippen molar-refractivity contribution in [2.45, 2.75) is 12.5 Å². The molecule has 0 saturated heterocycles. The molecule has 0 aliphatic carbocycles. The summed E-state index contributed by atoms with van der Waals surface area (Å²) in [5.74, 6) is -0.846. The smallest absolute Gasteiger partial charge is 0.328 e. The molecule has 1 aromatic heterocycles. The molecule has 0 aliphatic heterocycles. The lowest BCUT2D eigenvalue weighted by molar-refractivity contribution is -0.142. The molecule has 1 atom stereocenters. The van der Waals surface area contributed by atoms with Crippen LogP contribution in [0, 0.1) is 0 Å². The van der Waals surface area contributed by atoms with E-state index >= 15 is 0 Å². The third-order valence-corrected chi connectivity index (χ3v) is 3.20. The molecule has 0 aliphatic rings. The number of hydrogen-bond acceptors (Lipinski definition) is 4. The summed E-state index contributed by atoms with van der Waals surface area (Å²) < 4.78 is 4.75. The van der Waals surface area contributed by atoms with Gasteiger partial charge >= 0.3 is 5.97 Å². The zero-order chi connectivity index (χ0) is 16.5. The van der Waals surface area contributed by atoms with Crippen molar-refractivity contribution in [3.05, 3.63) is 72.1 Å². The van der Waals surface area contributed by atoms with Crippen LogP contribution in [0.1, 0.15) is 22.3 Å². The number of nitrogens with one attached hydrogen (secondary N) is 1. The lowest BCUT2D eigenvalue weighted by atomic mass is 10.1. The predicted octanol–water partition coefficient (Wildman–Crippen LogP) is 2.46. The summed E-state index contributed by atoms with van der Waals surface area (Å²) in [5.41, 5.74) is 1.42. The first-order valence-electron chi connectivity index (χ1n) is 7.21. The third-order valence-electron chi connectivity index (χ3n) is 3.20. The van der Waals surface area contributed by atoms with Gasteiger partial charge in [-0.2, -0.15) is 0 Å². The van der Waals surface area contributed by atoms with Gasteiger partial charge in [0, 0.05) is 12.4 Å². The van der Waals surface area contributed by atoms with E-state index in [1.807, 2.05) is 42.5 Å². The van der Waals surface area contributed by atoms with Crippen molar-refractivity contribution in [1.29, 1.82) is 0 Å². The minimum absolute atomic E-state index is 0.341. The van der Waals surface area contributed by atoms with Gasteiger partial charge in [-0.3, -0.25) is 9.78 Å². The van der Waals surface area contributed by atoms with Crippen molar-refractivity contribution in [3.8, 4) is 0 Å². The van der Waals surface area contributed by atoms with Crippen LogP contribution in [0.2, 0.25) is 0 Å². The van der Waals surface area contributed by atoms with E-state index in [2.05, 4.69) is 10.3 Å². The molecule has 1 aromatic carbocycles. The van der Waals surface area contributed by atoms with Crippen molar-refractivity contribution in [2.75, 3.05) is 7.11 Å². The molecule has 0 unspecified atom stereocenters. The van der Waals surface area contributed by atoms with Gasteiger partial charge in [0.05, 0.1) is 12.7 Å². The molecule has 0 spiro atoms. The molecular weight excluding hydrogens is 292 g/mol. The van der Waals surface area contributed by atoms with Crippen LogP contribution in [0.3, 0.4) is 0 Å². The highest BCUT2D eigenvalue weighted by Gasteiger charge is 2.20. The van der Waals surface area contributed by atoms with E-state index in [-0.39, 0.29) is 5.91 Å². The summed E-state index contributed by atoms with van der Waals surface area (Å²) in [4.78, 5) is 27.8. The number of aromatic nitrogens is 1. The Balaban J connectivity index is 2.01. The summed E-state index contributed by atoms with van der Waals surface area (Å²) >= 11 is 0. The maximum Gasteiger partial charge on any atom is 0.328 e. The SMILES string of the molecule is COC(=O)[C@@H](C/C=C/c1ccccc1)NC(=O)c1cccnc1. The van der Waals surface area contributed by atoms with Gasteiger partial charge < -0.3 is 10.1 Å². The Hall–Kier alpha value is -2.95. The van der Waals surface area contributed by atoms with E-state index in [1.54, 1.807) is 18.3 Å². The van der Waals surface area contributed by atoms with E-state index in [0.29, 0.717) is 12.0 Å². The van der Waals surface area contributed by atoms with Crippen LogP contribution in [-0.2, 0) is 9.53 Å². The number of methoxy groups -OCH3 is 1. The molecule has 23 heavy (non-hydrogen) atoms. The highest BCUT2D eigenvalue weighted by atomic mass is 16.5. The summed E-state index contributed by atoms with van der Waals surface area (Å²) in [5, 5.41) is 2.67. The molecule has 0 saturated carbocycles. The van der Waals surface area contributed by atoms with Gasteiger partial charge in [0.25, 0.3) is 5.91 Å². The first-order chi connectivity index (χ1) is 11.2. The minimum atomic E-state index is -0.743. The molecule has 0 bridgehead atoms. The number of benzene rings is 1. The fourth-order valence-corrected chi connectivity index (χ4v) is 2.00. The molecule has 2 aromatic rings. The van der Waals surface area contributed by atoms with Gasteiger partial charge in [0.1, 0.15) is 6.04 Å². The van der Waals surface area contributed by atoms with Gasteiger partial charge in [-0.1, -0.05) is 42.5 Å². The van der Waals surface area contributed by atoms with Crippen molar-refractivity contribution >= 4 is 18.0 Å². The Bertz CT molecular complexity index is 669. The van der Waals surface area contributed by atoms with Crippen LogP contribution in [-0.4, -0.2) is 30.0 Å². The van der Waals surface area contributed by atoms with E-state index in [9.17, 15) is 9.59 Å². The number of nitrogens with zero attached hydrogens (tertiary/aromatic N) is 1. The summed E-state index contributed by atoms with van der Waals surface area (Å²) in [6.07, 6.45) is 7.10. The Morgan fingerprint density at radius 2 is 2.00 bits per heavy atom. The van der Waals surface area contributed by atoms with Crippen LogP contribution in [0.25, 0.3) is 6.08 Å². The largest absolute Gasteiger partial charge is 0.467 e. The fourth-order valence-electron chi connectivity index (χ4n) is 2.00. The molecule has 2 rings (SSSR count). The summed E-state index contributed by atoms with van der Waals surface area (Å²) in [6.45, 7) is 0. The first kappa shape index (κ1) is 16.4. The molecule has 5 heteroatoms. The van der Waals surface area contributed by atoms with Crippen molar-refractivity contribution in [3.63, 3.8) is 0 Å². The van der Waals surface area contributed by atoms with Crippen LogP contribution in [0.4, 0.5) is 0 Å². The van der Waals surface area contributed by atoms with Gasteiger partial charge in [-0.25, -0.2) is 4.79 Å². The number of ether oxygens (including phenoxy) is 1. The number of carbonyl (C=O) groups excluding carboxylic acids is 2. The standard InChI is InChI=1S/C18H18N2O3/c1-23-18(22)16(11-5-9-14-7-3-2-4-8-14)20-17(21)15-10-6-12-19-13-15/h2-10,12-13,16H,11H2,1H3,(H,20,21)/b9-5+/t16-/m1/s1. The number of pyridine rings is 1.